The van der Waals surface area contributed by atoms with E-state index < -0.39 is 36.5 Å². The zero-order valence-electron chi connectivity index (χ0n) is 39.7. The van der Waals surface area contributed by atoms with Crippen LogP contribution in [0.1, 0.15) is 90.9 Å². The first-order chi connectivity index (χ1) is 31.2. The van der Waals surface area contributed by atoms with Crippen LogP contribution in [0.3, 0.4) is 0 Å². The van der Waals surface area contributed by atoms with Gasteiger partial charge in [0.15, 0.2) is 0 Å². The van der Waals surface area contributed by atoms with Gasteiger partial charge in [0.05, 0.1) is 63.7 Å². The summed E-state index contributed by atoms with van der Waals surface area (Å²) in [5.74, 6) is 1.27. The molecule has 6 rings (SSSR count). The van der Waals surface area contributed by atoms with Gasteiger partial charge in [0.2, 0.25) is 11.8 Å². The number of alkyl carbamates (subject to hydrolysis) is 2. The molecule has 0 aromatic heterocycles. The highest BCUT2D eigenvalue weighted by molar-refractivity contribution is 5.97. The Bertz CT molecular complexity index is 2230. The lowest BCUT2D eigenvalue weighted by atomic mass is 9.96. The fourth-order valence-electron chi connectivity index (χ4n) is 9.21. The van der Waals surface area contributed by atoms with Crippen molar-refractivity contribution in [2.45, 2.75) is 128 Å². The first-order valence-corrected chi connectivity index (χ1v) is 22.8. The van der Waals surface area contributed by atoms with E-state index in [9.17, 15) is 19.2 Å². The molecule has 4 N–H and O–H groups in total. The van der Waals surface area contributed by atoms with Gasteiger partial charge in [-0.05, 0) is 98.0 Å². The zero-order valence-corrected chi connectivity index (χ0v) is 39.7. The molecule has 16 heteroatoms. The molecule has 11 atom stereocenters. The first kappa shape index (κ1) is 48.7. The second-order valence-corrected chi connectivity index (χ2v) is 17.5. The van der Waals surface area contributed by atoms with Gasteiger partial charge >= 0.3 is 12.2 Å². The van der Waals surface area contributed by atoms with Gasteiger partial charge in [0.25, 0.3) is 0 Å². The number of likely N-dealkylation sites (tertiary alicyclic amines) is 1. The van der Waals surface area contributed by atoms with Crippen molar-refractivity contribution in [2.24, 2.45) is 15.9 Å². The highest BCUT2D eigenvalue weighted by Crippen LogP contribution is 2.34. The molecule has 16 nitrogen and oxygen atoms in total. The summed E-state index contributed by atoms with van der Waals surface area (Å²) in [6, 6.07) is 18.8. The van der Waals surface area contributed by atoms with E-state index in [1.807, 2.05) is 37.5 Å². The van der Waals surface area contributed by atoms with Crippen molar-refractivity contribution in [3.05, 3.63) is 71.8 Å². The number of benzene rings is 3. The van der Waals surface area contributed by atoms with Crippen molar-refractivity contribution in [2.75, 3.05) is 41.5 Å². The fraction of sp³-hybridized carbons (Fsp3) is 0.551. The number of hydrogen-bond donors (Lipinski definition) is 4. The molecule has 4 amide bonds. The summed E-state index contributed by atoms with van der Waals surface area (Å²) in [6.07, 6.45) is -0.435. The zero-order chi connectivity index (χ0) is 47.1. The van der Waals surface area contributed by atoms with Crippen LogP contribution in [0.4, 0.5) is 9.59 Å². The summed E-state index contributed by atoms with van der Waals surface area (Å²) in [7, 11) is 5.57. The average molecular weight is 897 g/mol. The summed E-state index contributed by atoms with van der Waals surface area (Å²) in [5, 5.41) is 14.9. The molecule has 65 heavy (non-hydrogen) atoms. The monoisotopic (exact) mass is 897 g/mol. The van der Waals surface area contributed by atoms with Crippen LogP contribution < -0.4 is 21.3 Å². The van der Waals surface area contributed by atoms with E-state index in [1.165, 1.54) is 28.4 Å². The van der Waals surface area contributed by atoms with Crippen LogP contribution in [-0.2, 0) is 28.5 Å². The predicted molar refractivity (Wildman–Crippen MR) is 252 cm³/mol. The number of methoxy groups -OCH3 is 4. The number of rotatable bonds is 17. The predicted octanol–water partition coefficient (Wildman–Crippen LogP) is 6.14. The van der Waals surface area contributed by atoms with Gasteiger partial charge in [0.1, 0.15) is 23.8 Å². The van der Waals surface area contributed by atoms with Crippen molar-refractivity contribution in [3.63, 3.8) is 0 Å². The van der Waals surface area contributed by atoms with Crippen LogP contribution >= 0.6 is 0 Å². The van der Waals surface area contributed by atoms with E-state index in [4.69, 9.17) is 28.9 Å². The van der Waals surface area contributed by atoms with Crippen molar-refractivity contribution in [3.8, 4) is 11.1 Å². The summed E-state index contributed by atoms with van der Waals surface area (Å²) < 4.78 is 20.6. The minimum atomic E-state index is -0.935. The highest BCUT2D eigenvalue weighted by atomic mass is 16.5. The number of amidine groups is 2. The summed E-state index contributed by atoms with van der Waals surface area (Å²) in [6.45, 7) is 14.8. The first-order valence-electron chi connectivity index (χ1n) is 22.8. The lowest BCUT2D eigenvalue weighted by molar-refractivity contribution is -0.140. The Morgan fingerprint density at radius 1 is 0.738 bits per heavy atom. The van der Waals surface area contributed by atoms with Crippen molar-refractivity contribution >= 4 is 46.4 Å². The SMILES string of the molecule is CC[C@H](C)N(C(=O)[C@@H](NC(=O)OC)[C@@H](C)OC)[C@@H](CC)C1=NCC(c2ccc3cc(-c4ccc(C5CN=C([C@@H]6CC(C)[C@@H](C)N6C(=O)[C@@H](NC(=O)OC)[C@@H](C)OC)N5)cc4)ccc3c2)N1. The molecule has 3 heterocycles. The van der Waals surface area contributed by atoms with Crippen LogP contribution in [0.25, 0.3) is 21.9 Å². The second kappa shape index (κ2) is 21.5. The van der Waals surface area contributed by atoms with E-state index in [2.05, 4.69) is 88.9 Å². The van der Waals surface area contributed by atoms with Gasteiger partial charge in [-0.2, -0.15) is 0 Å². The maximum absolute atomic E-state index is 14.2. The lowest BCUT2D eigenvalue weighted by Crippen LogP contribution is -2.60. The molecule has 352 valence electrons. The van der Waals surface area contributed by atoms with E-state index in [0.717, 1.165) is 57.5 Å². The molecule has 0 spiro atoms. The quantitative estimate of drug-likeness (QED) is 0.123. The minimum Gasteiger partial charge on any atom is -0.453 e. The Balaban J connectivity index is 1.11. The number of nitrogens with zero attached hydrogens (tertiary/aromatic N) is 4. The second-order valence-electron chi connectivity index (χ2n) is 17.5. The number of carbonyl (C=O) groups excluding carboxylic acids is 4. The third-order valence-corrected chi connectivity index (χ3v) is 13.7. The Morgan fingerprint density at radius 2 is 1.31 bits per heavy atom. The van der Waals surface area contributed by atoms with Crippen molar-refractivity contribution in [1.29, 1.82) is 0 Å². The summed E-state index contributed by atoms with van der Waals surface area (Å²) in [4.78, 5) is 66.2. The number of nitrogens with one attached hydrogen (secondary N) is 4. The summed E-state index contributed by atoms with van der Waals surface area (Å²) in [5.41, 5.74) is 4.40. The largest absolute Gasteiger partial charge is 0.453 e. The highest BCUT2D eigenvalue weighted by Gasteiger charge is 2.46. The standard InChI is InChI=1S/C49H68N8O8/c1-12-28(4)56(46(58)42(30(6)62-8)54-48(60)64-10)40(13-2)44-50-26-39(53-44)37-21-20-35-23-34(18-19-36(35)24-37)32-14-16-33(17-15-32)38-25-51-45(52-38)41-22-27(3)29(5)57(41)47(59)43(31(7)63-9)55-49(61)65-11/h14-21,23-24,27-31,38-43H,12-13,22,25-26H2,1-11H3,(H,50,53)(H,51,52)(H,54,60)(H,55,61)/t27?,28-,29+,30+,31+,38?,39?,40-,41-,42-,43-/m0/s1. The third kappa shape index (κ3) is 10.5. The molecular formula is C49H68N8O8. The molecule has 0 aliphatic carbocycles. The number of ether oxygens (including phenoxy) is 4. The van der Waals surface area contributed by atoms with E-state index >= 15 is 0 Å². The maximum atomic E-state index is 14.2. The number of aliphatic imine (C=N–C) groups is 2. The molecule has 0 radical (unpaired) electrons. The number of amides is 4. The van der Waals surface area contributed by atoms with Crippen LogP contribution in [-0.4, -0.2) is 135 Å². The third-order valence-electron chi connectivity index (χ3n) is 13.7. The molecule has 0 bridgehead atoms. The van der Waals surface area contributed by atoms with Crippen LogP contribution in [0.15, 0.2) is 70.6 Å². The van der Waals surface area contributed by atoms with Gasteiger partial charge < -0.3 is 50.0 Å². The van der Waals surface area contributed by atoms with Crippen LogP contribution in [0, 0.1) is 5.92 Å². The molecule has 3 aliphatic rings. The van der Waals surface area contributed by atoms with Gasteiger partial charge in [-0.3, -0.25) is 19.6 Å². The average Bonchev–Trinajstić information content (AvgIpc) is 4.10. The molecule has 0 saturated carbocycles. The Kier molecular flexibility index (Phi) is 16.1. The molecule has 1 fully saturated rings. The topological polar surface area (TPSA) is 185 Å². The molecule has 1 saturated heterocycles. The fourth-order valence-corrected chi connectivity index (χ4v) is 9.21. The number of fused-ring (bicyclic) bond motifs is 1. The van der Waals surface area contributed by atoms with Gasteiger partial charge in [-0.1, -0.05) is 69.3 Å². The molecule has 3 aliphatic heterocycles. The molecular weight excluding hydrogens is 829 g/mol. The van der Waals surface area contributed by atoms with Crippen molar-refractivity contribution in [1.82, 2.24) is 31.1 Å². The van der Waals surface area contributed by atoms with Gasteiger partial charge in [-0.25, -0.2) is 9.59 Å². The maximum Gasteiger partial charge on any atom is 0.407 e. The van der Waals surface area contributed by atoms with Crippen LogP contribution in [0.5, 0.6) is 0 Å². The van der Waals surface area contributed by atoms with E-state index in [0.29, 0.717) is 19.5 Å². The van der Waals surface area contributed by atoms with E-state index in [-0.39, 0.29) is 54.0 Å². The van der Waals surface area contributed by atoms with Crippen LogP contribution in [0.2, 0.25) is 0 Å². The lowest BCUT2D eigenvalue weighted by Gasteiger charge is -2.39. The Morgan fingerprint density at radius 3 is 1.94 bits per heavy atom. The van der Waals surface area contributed by atoms with E-state index in [1.54, 1.807) is 13.8 Å². The number of carbonyl (C=O) groups is 4. The van der Waals surface area contributed by atoms with Crippen molar-refractivity contribution < 1.29 is 38.1 Å². The molecule has 3 aromatic rings. The molecule has 3 unspecified atom stereocenters. The van der Waals surface area contributed by atoms with Gasteiger partial charge in [0, 0.05) is 26.3 Å². The minimum absolute atomic E-state index is 0.0427. The smallest absolute Gasteiger partial charge is 0.407 e. The Labute approximate surface area is 383 Å². The number of hydrogen-bond acceptors (Lipinski definition) is 12. The Hall–Kier alpha value is -5.74. The summed E-state index contributed by atoms with van der Waals surface area (Å²) >= 11 is 0. The molecule has 3 aromatic carbocycles. The van der Waals surface area contributed by atoms with Gasteiger partial charge in [-0.15, -0.1) is 0 Å². The normalized spacial score (nSPS) is 23.2.